The summed E-state index contributed by atoms with van der Waals surface area (Å²) in [6.45, 7) is 2.53. The van der Waals surface area contributed by atoms with Gasteiger partial charge in [0.25, 0.3) is 0 Å². The minimum Gasteiger partial charge on any atom is -0.395 e. The van der Waals surface area contributed by atoms with Crippen LogP contribution in [-0.4, -0.2) is 69.4 Å². The van der Waals surface area contributed by atoms with Gasteiger partial charge in [-0.05, 0) is 13.0 Å². The summed E-state index contributed by atoms with van der Waals surface area (Å²) in [6.07, 6.45) is 6.43. The molecule has 0 saturated carbocycles. The van der Waals surface area contributed by atoms with E-state index in [2.05, 4.69) is 6.92 Å². The molecule has 120 valence electrons. The Morgan fingerprint density at radius 1 is 0.750 bits per heavy atom. The highest BCUT2D eigenvalue weighted by molar-refractivity contribution is 5.00. The molecule has 4 atom stereocenters. The van der Waals surface area contributed by atoms with E-state index in [0.717, 1.165) is 12.8 Å². The van der Waals surface area contributed by atoms with E-state index in [1.54, 1.807) is 0 Å². The van der Waals surface area contributed by atoms with E-state index >= 15 is 0 Å². The van der Waals surface area contributed by atoms with E-state index in [0.29, 0.717) is 6.54 Å². The van der Waals surface area contributed by atoms with Gasteiger partial charge in [-0.2, -0.15) is 0 Å². The van der Waals surface area contributed by atoms with Crippen molar-refractivity contribution in [1.29, 1.82) is 0 Å². The predicted octanol–water partition coefficient (Wildman–Crippen LogP) is 0.496. The van der Waals surface area contributed by atoms with Crippen LogP contribution >= 0.6 is 0 Å². The fourth-order valence-corrected chi connectivity index (χ4v) is 3.10. The minimum atomic E-state index is -0.971. The molecule has 1 heterocycles. The quantitative estimate of drug-likeness (QED) is 0.440. The molecule has 0 aromatic heterocycles. The minimum absolute atomic E-state index is 0.189. The Kier molecular flexibility index (Phi) is 8.64. The standard InChI is InChI=1S/C15H31NO4/c1-2-3-4-5-6-7-8-9-16-12(10-17)14(19)15(20)13(16)11-18/h12-15,17-20H,2-11H2,1H3/t12-,13+,14-,15-/m1/s1. The lowest BCUT2D eigenvalue weighted by atomic mass is 10.1. The third-order valence-corrected chi connectivity index (χ3v) is 4.38. The molecule has 1 saturated heterocycles. The molecule has 5 nitrogen and oxygen atoms in total. The smallest absolute Gasteiger partial charge is 0.0992 e. The summed E-state index contributed by atoms with van der Waals surface area (Å²) in [4.78, 5) is 1.86. The molecule has 5 heteroatoms. The Bertz CT molecular complexity index is 236. The first-order chi connectivity index (χ1) is 9.67. The molecule has 0 amide bonds. The molecule has 0 aromatic rings. The maximum Gasteiger partial charge on any atom is 0.0992 e. The third kappa shape index (κ3) is 4.67. The second-order valence-corrected chi connectivity index (χ2v) is 5.84. The van der Waals surface area contributed by atoms with Crippen LogP contribution in [0, 0.1) is 0 Å². The fourth-order valence-electron chi connectivity index (χ4n) is 3.10. The first-order valence-corrected chi connectivity index (χ1v) is 8.01. The normalized spacial score (nSPS) is 31.1. The lowest BCUT2D eigenvalue weighted by Gasteiger charge is -2.28. The molecular weight excluding hydrogens is 258 g/mol. The molecule has 0 bridgehead atoms. The van der Waals surface area contributed by atoms with Crippen molar-refractivity contribution in [3.8, 4) is 0 Å². The summed E-state index contributed by atoms with van der Waals surface area (Å²) in [5.74, 6) is 0. The molecular formula is C15H31NO4. The van der Waals surface area contributed by atoms with Gasteiger partial charge >= 0.3 is 0 Å². The van der Waals surface area contributed by atoms with Crippen LogP contribution in [-0.2, 0) is 0 Å². The summed E-state index contributed by atoms with van der Waals surface area (Å²) in [5.41, 5.74) is 0. The molecule has 1 rings (SSSR count). The van der Waals surface area contributed by atoms with E-state index < -0.39 is 24.3 Å². The van der Waals surface area contributed by atoms with Crippen LogP contribution in [0.5, 0.6) is 0 Å². The van der Waals surface area contributed by atoms with E-state index in [4.69, 9.17) is 0 Å². The van der Waals surface area contributed by atoms with Crippen molar-refractivity contribution in [3.63, 3.8) is 0 Å². The summed E-state index contributed by atoms with van der Waals surface area (Å²) in [7, 11) is 0. The Morgan fingerprint density at radius 2 is 1.20 bits per heavy atom. The molecule has 0 aromatic carbocycles. The second kappa shape index (κ2) is 9.68. The number of rotatable bonds is 10. The number of aliphatic hydroxyl groups excluding tert-OH is 4. The summed E-state index contributed by atoms with van der Waals surface area (Å²) >= 11 is 0. The second-order valence-electron chi connectivity index (χ2n) is 5.84. The Labute approximate surface area is 122 Å². The molecule has 4 N–H and O–H groups in total. The highest BCUT2D eigenvalue weighted by atomic mass is 16.3. The van der Waals surface area contributed by atoms with E-state index in [1.165, 1.54) is 32.1 Å². The van der Waals surface area contributed by atoms with Crippen molar-refractivity contribution in [2.24, 2.45) is 0 Å². The van der Waals surface area contributed by atoms with Crippen LogP contribution in [0.4, 0.5) is 0 Å². The first-order valence-electron chi connectivity index (χ1n) is 8.01. The highest BCUT2D eigenvalue weighted by Crippen LogP contribution is 2.25. The van der Waals surface area contributed by atoms with Crippen LogP contribution in [0.25, 0.3) is 0 Å². The molecule has 0 spiro atoms. The number of likely N-dealkylation sites (tertiary alicyclic amines) is 1. The number of hydrogen-bond acceptors (Lipinski definition) is 5. The fraction of sp³-hybridized carbons (Fsp3) is 1.00. The van der Waals surface area contributed by atoms with Crippen LogP contribution in [0.2, 0.25) is 0 Å². The number of hydrogen-bond donors (Lipinski definition) is 4. The van der Waals surface area contributed by atoms with Crippen LogP contribution in [0.1, 0.15) is 51.9 Å². The van der Waals surface area contributed by atoms with Crippen molar-refractivity contribution in [1.82, 2.24) is 4.90 Å². The maximum absolute atomic E-state index is 9.87. The Hall–Kier alpha value is -0.200. The molecule has 1 fully saturated rings. The van der Waals surface area contributed by atoms with Crippen molar-refractivity contribution in [2.75, 3.05) is 19.8 Å². The van der Waals surface area contributed by atoms with Crippen molar-refractivity contribution in [2.45, 2.75) is 76.2 Å². The average molecular weight is 289 g/mol. The van der Waals surface area contributed by atoms with Gasteiger partial charge in [-0.1, -0.05) is 45.4 Å². The van der Waals surface area contributed by atoms with Crippen molar-refractivity contribution in [3.05, 3.63) is 0 Å². The highest BCUT2D eigenvalue weighted by Gasteiger charge is 2.46. The number of nitrogens with zero attached hydrogens (tertiary/aromatic N) is 1. The van der Waals surface area contributed by atoms with Crippen molar-refractivity contribution < 1.29 is 20.4 Å². The molecule has 1 aliphatic rings. The monoisotopic (exact) mass is 289 g/mol. The summed E-state index contributed by atoms with van der Waals surface area (Å²) in [5, 5.41) is 38.4. The van der Waals surface area contributed by atoms with E-state index in [1.807, 2.05) is 4.90 Å². The molecule has 1 aliphatic heterocycles. The van der Waals surface area contributed by atoms with E-state index in [-0.39, 0.29) is 13.2 Å². The zero-order valence-electron chi connectivity index (χ0n) is 12.6. The largest absolute Gasteiger partial charge is 0.395 e. The molecule has 0 aliphatic carbocycles. The zero-order chi connectivity index (χ0) is 15.0. The third-order valence-electron chi connectivity index (χ3n) is 4.38. The SMILES string of the molecule is CCCCCCCCCN1[C@H](CO)[C@@H](O)[C@H](O)[C@@H]1CO. The van der Waals surface area contributed by atoms with Gasteiger partial charge in [0.2, 0.25) is 0 Å². The van der Waals surface area contributed by atoms with Crippen LogP contribution in [0.3, 0.4) is 0 Å². The average Bonchev–Trinajstić information content (AvgIpc) is 2.69. The number of unbranched alkanes of at least 4 members (excludes halogenated alkanes) is 6. The van der Waals surface area contributed by atoms with Gasteiger partial charge in [-0.25, -0.2) is 0 Å². The molecule has 0 radical (unpaired) electrons. The lowest BCUT2D eigenvalue weighted by molar-refractivity contribution is 0.0130. The lowest BCUT2D eigenvalue weighted by Crippen LogP contribution is -2.43. The topological polar surface area (TPSA) is 84.2 Å². The van der Waals surface area contributed by atoms with Gasteiger partial charge in [0.1, 0.15) is 0 Å². The van der Waals surface area contributed by atoms with Crippen LogP contribution < -0.4 is 0 Å². The van der Waals surface area contributed by atoms with Crippen LogP contribution in [0.15, 0.2) is 0 Å². The van der Waals surface area contributed by atoms with Gasteiger partial charge in [0.05, 0.1) is 37.5 Å². The maximum atomic E-state index is 9.87. The Morgan fingerprint density at radius 3 is 1.65 bits per heavy atom. The predicted molar refractivity (Wildman–Crippen MR) is 78.5 cm³/mol. The zero-order valence-corrected chi connectivity index (χ0v) is 12.6. The van der Waals surface area contributed by atoms with Gasteiger partial charge in [-0.15, -0.1) is 0 Å². The Balaban J connectivity index is 2.29. The van der Waals surface area contributed by atoms with Gasteiger partial charge in [0, 0.05) is 0 Å². The molecule has 20 heavy (non-hydrogen) atoms. The first kappa shape index (κ1) is 17.9. The summed E-state index contributed by atoms with van der Waals surface area (Å²) < 4.78 is 0. The number of aliphatic hydroxyl groups is 4. The van der Waals surface area contributed by atoms with Gasteiger partial charge in [0.15, 0.2) is 0 Å². The molecule has 0 unspecified atom stereocenters. The van der Waals surface area contributed by atoms with Gasteiger partial charge < -0.3 is 20.4 Å². The van der Waals surface area contributed by atoms with Crippen molar-refractivity contribution >= 4 is 0 Å². The van der Waals surface area contributed by atoms with Gasteiger partial charge in [-0.3, -0.25) is 4.90 Å². The van der Waals surface area contributed by atoms with E-state index in [9.17, 15) is 20.4 Å². The summed E-state index contributed by atoms with van der Waals surface area (Å²) in [6, 6.07) is -0.913.